The van der Waals surface area contributed by atoms with E-state index in [0.717, 1.165) is 16.4 Å². The number of nitrogens with one attached hydrogen (secondary N) is 1. The molecule has 0 aliphatic carbocycles. The third kappa shape index (κ3) is 2.80. The molecule has 1 aliphatic rings. The van der Waals surface area contributed by atoms with Gasteiger partial charge in [0.2, 0.25) is 0 Å². The average Bonchev–Trinajstić information content (AvgIpc) is 2.48. The normalized spacial score (nSPS) is 24.8. The third-order valence-corrected chi connectivity index (χ3v) is 5.01. The number of amidine groups is 1. The van der Waals surface area contributed by atoms with Crippen LogP contribution in [0.25, 0.3) is 10.9 Å². The number of rotatable bonds is 2. The zero-order valence-electron chi connectivity index (χ0n) is 11.8. The highest BCUT2D eigenvalue weighted by molar-refractivity contribution is 8.13. The van der Waals surface area contributed by atoms with Crippen molar-refractivity contribution in [1.82, 2.24) is 10.3 Å². The maximum absolute atomic E-state index is 4.72. The number of hydrogen-bond donors (Lipinski definition) is 1. The van der Waals surface area contributed by atoms with Crippen LogP contribution in [0.3, 0.4) is 0 Å². The van der Waals surface area contributed by atoms with E-state index in [1.54, 1.807) is 0 Å². The van der Waals surface area contributed by atoms with Gasteiger partial charge < -0.3 is 5.32 Å². The summed E-state index contributed by atoms with van der Waals surface area (Å²) in [5, 5.41) is 5.71. The number of aromatic nitrogens is 1. The largest absolute Gasteiger partial charge is 0.362 e. The first-order valence-electron chi connectivity index (χ1n) is 7.00. The molecule has 20 heavy (non-hydrogen) atoms. The van der Waals surface area contributed by atoms with E-state index in [1.165, 1.54) is 10.9 Å². The molecule has 0 bridgehead atoms. The summed E-state index contributed by atoms with van der Waals surface area (Å²) >= 11 is 1.82. The van der Waals surface area contributed by atoms with Crippen LogP contribution in [0.1, 0.15) is 19.4 Å². The number of thioether (sulfide) groups is 1. The molecule has 2 aromatic rings. The van der Waals surface area contributed by atoms with E-state index in [4.69, 9.17) is 4.99 Å². The van der Waals surface area contributed by atoms with Gasteiger partial charge in [0.05, 0.1) is 12.1 Å². The van der Waals surface area contributed by atoms with Crippen LogP contribution in [0.15, 0.2) is 41.5 Å². The van der Waals surface area contributed by atoms with Crippen molar-refractivity contribution >= 4 is 27.8 Å². The maximum atomic E-state index is 4.72. The third-order valence-electron chi connectivity index (χ3n) is 3.80. The summed E-state index contributed by atoms with van der Waals surface area (Å²) in [5.41, 5.74) is 2.24. The van der Waals surface area contributed by atoms with Gasteiger partial charge in [0.15, 0.2) is 5.17 Å². The molecule has 1 saturated heterocycles. The highest BCUT2D eigenvalue weighted by atomic mass is 32.2. The molecule has 2 unspecified atom stereocenters. The number of para-hydroxylation sites is 1. The standard InChI is InChI=1S/C16H19N3S/c1-11-10-20-16(19-12(11)2)18-9-14-6-3-5-13-7-4-8-17-15(13)14/h3-8,11-12H,9-10H2,1-2H3,(H,18,19). The first-order chi connectivity index (χ1) is 9.74. The van der Waals surface area contributed by atoms with E-state index in [-0.39, 0.29) is 0 Å². The zero-order chi connectivity index (χ0) is 13.9. The Kier molecular flexibility index (Phi) is 3.92. The van der Waals surface area contributed by atoms with Crippen molar-refractivity contribution in [2.45, 2.75) is 26.4 Å². The Balaban J connectivity index is 1.80. The van der Waals surface area contributed by atoms with Gasteiger partial charge in [-0.1, -0.05) is 43.0 Å². The lowest BCUT2D eigenvalue weighted by Crippen LogP contribution is -2.41. The highest BCUT2D eigenvalue weighted by Crippen LogP contribution is 2.21. The van der Waals surface area contributed by atoms with E-state index in [9.17, 15) is 0 Å². The van der Waals surface area contributed by atoms with Crippen molar-refractivity contribution in [1.29, 1.82) is 0 Å². The maximum Gasteiger partial charge on any atom is 0.157 e. The minimum atomic E-state index is 0.501. The zero-order valence-corrected chi connectivity index (χ0v) is 12.7. The van der Waals surface area contributed by atoms with Crippen LogP contribution in [0.5, 0.6) is 0 Å². The molecule has 0 radical (unpaired) electrons. The Morgan fingerprint density at radius 3 is 3.00 bits per heavy atom. The molecular formula is C16H19N3S. The van der Waals surface area contributed by atoms with Crippen LogP contribution in [-0.2, 0) is 6.54 Å². The lowest BCUT2D eigenvalue weighted by molar-refractivity contribution is 0.490. The molecule has 1 aliphatic heterocycles. The predicted octanol–water partition coefficient (Wildman–Crippen LogP) is 3.45. The monoisotopic (exact) mass is 285 g/mol. The Labute approximate surface area is 123 Å². The molecule has 1 aromatic heterocycles. The van der Waals surface area contributed by atoms with Gasteiger partial charge >= 0.3 is 0 Å². The summed E-state index contributed by atoms with van der Waals surface area (Å²) in [6, 6.07) is 10.8. The van der Waals surface area contributed by atoms with Gasteiger partial charge in [-0.2, -0.15) is 0 Å². The van der Waals surface area contributed by atoms with Crippen LogP contribution in [0, 0.1) is 5.92 Å². The van der Waals surface area contributed by atoms with Crippen molar-refractivity contribution < 1.29 is 0 Å². The van der Waals surface area contributed by atoms with Gasteiger partial charge in [-0.15, -0.1) is 0 Å². The molecular weight excluding hydrogens is 266 g/mol. The lowest BCUT2D eigenvalue weighted by Gasteiger charge is -2.28. The van der Waals surface area contributed by atoms with Crippen molar-refractivity contribution in [2.24, 2.45) is 10.9 Å². The minimum absolute atomic E-state index is 0.501. The van der Waals surface area contributed by atoms with Crippen molar-refractivity contribution in [3.8, 4) is 0 Å². The summed E-state index contributed by atoms with van der Waals surface area (Å²) < 4.78 is 0. The summed E-state index contributed by atoms with van der Waals surface area (Å²) in [6.07, 6.45) is 1.84. The molecule has 0 saturated carbocycles. The molecule has 0 spiro atoms. The molecule has 2 heterocycles. The van der Waals surface area contributed by atoms with Crippen molar-refractivity contribution in [3.63, 3.8) is 0 Å². The number of pyridine rings is 1. The fraction of sp³-hybridized carbons (Fsp3) is 0.375. The highest BCUT2D eigenvalue weighted by Gasteiger charge is 2.20. The molecule has 2 atom stereocenters. The number of benzene rings is 1. The summed E-state index contributed by atoms with van der Waals surface area (Å²) in [6.45, 7) is 5.18. The molecule has 1 fully saturated rings. The Bertz CT molecular complexity index is 633. The van der Waals surface area contributed by atoms with Gasteiger partial charge in [-0.25, -0.2) is 0 Å². The Morgan fingerprint density at radius 2 is 2.15 bits per heavy atom. The van der Waals surface area contributed by atoms with Crippen LogP contribution in [0.2, 0.25) is 0 Å². The first-order valence-corrected chi connectivity index (χ1v) is 7.99. The molecule has 3 nitrogen and oxygen atoms in total. The molecule has 0 amide bonds. The van der Waals surface area contributed by atoms with Crippen LogP contribution < -0.4 is 5.32 Å². The second-order valence-corrected chi connectivity index (χ2v) is 6.34. The molecule has 104 valence electrons. The van der Waals surface area contributed by atoms with E-state index in [2.05, 4.69) is 48.4 Å². The minimum Gasteiger partial charge on any atom is -0.362 e. The molecule has 3 rings (SSSR count). The average molecular weight is 285 g/mol. The van der Waals surface area contributed by atoms with Crippen LogP contribution in [0.4, 0.5) is 0 Å². The molecule has 4 heteroatoms. The SMILES string of the molecule is CC1CSC(=NCc2cccc3cccnc23)NC1C. The van der Waals surface area contributed by atoms with Crippen molar-refractivity contribution in [3.05, 3.63) is 42.1 Å². The Morgan fingerprint density at radius 1 is 1.30 bits per heavy atom. The topological polar surface area (TPSA) is 37.3 Å². The number of hydrogen-bond acceptors (Lipinski definition) is 3. The van der Waals surface area contributed by atoms with Gasteiger partial charge in [-0.05, 0) is 24.5 Å². The summed E-state index contributed by atoms with van der Waals surface area (Å²) in [4.78, 5) is 9.19. The van der Waals surface area contributed by atoms with E-state index in [1.807, 2.05) is 24.0 Å². The smallest absolute Gasteiger partial charge is 0.157 e. The molecule has 1 aromatic carbocycles. The van der Waals surface area contributed by atoms with E-state index in [0.29, 0.717) is 18.5 Å². The fourth-order valence-electron chi connectivity index (χ4n) is 2.28. The second-order valence-electron chi connectivity index (χ2n) is 5.33. The predicted molar refractivity (Wildman–Crippen MR) is 87.1 cm³/mol. The molecule has 1 N–H and O–H groups in total. The number of nitrogens with zero attached hydrogens (tertiary/aromatic N) is 2. The quantitative estimate of drug-likeness (QED) is 0.918. The fourth-order valence-corrected chi connectivity index (χ4v) is 3.41. The van der Waals surface area contributed by atoms with E-state index < -0.39 is 0 Å². The number of aliphatic imine (C=N–C) groups is 1. The van der Waals surface area contributed by atoms with Crippen LogP contribution in [-0.4, -0.2) is 21.9 Å². The van der Waals surface area contributed by atoms with Gasteiger partial charge in [0.25, 0.3) is 0 Å². The number of fused-ring (bicyclic) bond motifs is 1. The second kappa shape index (κ2) is 5.83. The first kappa shape index (κ1) is 13.4. The van der Waals surface area contributed by atoms with E-state index >= 15 is 0 Å². The van der Waals surface area contributed by atoms with Crippen LogP contribution >= 0.6 is 11.8 Å². The van der Waals surface area contributed by atoms with Crippen molar-refractivity contribution in [2.75, 3.05) is 5.75 Å². The summed E-state index contributed by atoms with van der Waals surface area (Å²) in [7, 11) is 0. The lowest BCUT2D eigenvalue weighted by atomic mass is 10.1. The van der Waals surface area contributed by atoms with Gasteiger partial charge in [0, 0.05) is 23.4 Å². The van der Waals surface area contributed by atoms with Gasteiger partial charge in [0.1, 0.15) is 0 Å². The van der Waals surface area contributed by atoms with Gasteiger partial charge in [-0.3, -0.25) is 9.98 Å². The Hall–Kier alpha value is -1.55. The summed E-state index contributed by atoms with van der Waals surface area (Å²) in [5.74, 6) is 1.83.